The van der Waals surface area contributed by atoms with E-state index in [9.17, 15) is 0 Å². The zero-order valence-corrected chi connectivity index (χ0v) is 15.9. The van der Waals surface area contributed by atoms with Gasteiger partial charge in [-0.3, -0.25) is 4.34 Å². The Morgan fingerprint density at radius 3 is 1.37 bits per heavy atom. The molecule has 0 aliphatic heterocycles. The minimum absolute atomic E-state index is 0. The van der Waals surface area contributed by atoms with Crippen molar-refractivity contribution in [3.05, 3.63) is 0 Å². The number of hydrogen-bond acceptors (Lipinski definition) is 2. The molecule has 0 aromatic rings. The van der Waals surface area contributed by atoms with Crippen molar-refractivity contribution in [1.82, 2.24) is 9.24 Å². The molecule has 0 aromatic heterocycles. The number of nitrogens with zero attached hydrogens (tertiary/aromatic N) is 1. The highest BCUT2D eigenvalue weighted by Crippen LogP contribution is 2.10. The molecule has 0 aromatic carbocycles. The van der Waals surface area contributed by atoms with Gasteiger partial charge in [0.05, 0.1) is 0 Å². The van der Waals surface area contributed by atoms with E-state index in [4.69, 9.17) is 0 Å². The Bertz CT molecular complexity index is 121. The molecule has 19 heavy (non-hydrogen) atoms. The molecule has 0 atom stereocenters. The van der Waals surface area contributed by atoms with Gasteiger partial charge in [-0.15, -0.1) is 12.4 Å². The molecule has 0 unspecified atom stereocenters. The minimum Gasteiger partial charge on any atom is -0.312 e. The predicted octanol–water partition coefficient (Wildman–Crippen LogP) is 5.41. The summed E-state index contributed by atoms with van der Waals surface area (Å²) in [6.07, 6.45) is 14.1. The Hall–Kier alpha value is 0.690. The van der Waals surface area contributed by atoms with Gasteiger partial charge in [0.2, 0.25) is 0 Å². The molecule has 0 fully saturated rings. The highest BCUT2D eigenvalue weighted by molar-refractivity contribution is 9.08. The highest BCUT2D eigenvalue weighted by Gasteiger charge is 1.91. The van der Waals surface area contributed by atoms with Crippen molar-refractivity contribution in [3.8, 4) is 0 Å². The third-order valence-corrected chi connectivity index (χ3v) is 3.02. The number of rotatable bonds is 11. The van der Waals surface area contributed by atoms with Crippen LogP contribution in [0.5, 0.6) is 0 Å². The van der Waals surface area contributed by atoms with Crippen LogP contribution in [0.3, 0.4) is 0 Å². The second kappa shape index (κ2) is 23.8. The van der Waals surface area contributed by atoms with E-state index >= 15 is 0 Å². The second-order valence-electron chi connectivity index (χ2n) is 5.41. The smallest absolute Gasteiger partial charge is 0.00875 e. The zero-order chi connectivity index (χ0) is 14.1. The molecule has 1 N–H and O–H groups in total. The Balaban J connectivity index is -0.000000448. The van der Waals surface area contributed by atoms with Gasteiger partial charge in [0.1, 0.15) is 0 Å². The molecule has 0 saturated heterocycles. The third-order valence-electron chi connectivity index (χ3n) is 2.62. The van der Waals surface area contributed by atoms with Gasteiger partial charge in [0, 0.05) is 22.7 Å². The van der Waals surface area contributed by atoms with Gasteiger partial charge in [-0.1, -0.05) is 64.7 Å². The van der Waals surface area contributed by atoms with Gasteiger partial charge >= 0.3 is 0 Å². The van der Waals surface area contributed by atoms with Gasteiger partial charge in [0.15, 0.2) is 0 Å². The van der Waals surface area contributed by atoms with E-state index in [-0.39, 0.29) is 12.4 Å². The maximum Gasteiger partial charge on any atom is 0.00875 e. The molecule has 0 spiro atoms. The van der Waals surface area contributed by atoms with E-state index in [1.165, 1.54) is 64.2 Å². The maximum atomic E-state index is 3.22. The van der Waals surface area contributed by atoms with Crippen LogP contribution in [-0.4, -0.2) is 32.6 Å². The maximum absolute atomic E-state index is 3.22. The van der Waals surface area contributed by atoms with Crippen LogP contribution in [0.1, 0.15) is 71.1 Å². The summed E-state index contributed by atoms with van der Waals surface area (Å²) < 4.78 is 3.01. The number of halogens is 2. The first-order chi connectivity index (χ1) is 8.65. The number of nitrogens with one attached hydrogen (secondary N) is 1. The molecule has 0 amide bonds. The fourth-order valence-electron chi connectivity index (χ4n) is 1.68. The monoisotopic (exact) mass is 358 g/mol. The summed E-state index contributed by atoms with van der Waals surface area (Å²) in [7, 11) is 6.00. The fourth-order valence-corrected chi connectivity index (χ4v) is 1.96. The van der Waals surface area contributed by atoms with E-state index in [2.05, 4.69) is 27.4 Å². The first-order valence-corrected chi connectivity index (χ1v) is 8.38. The van der Waals surface area contributed by atoms with Crippen molar-refractivity contribution in [3.63, 3.8) is 0 Å². The van der Waals surface area contributed by atoms with Crippen LogP contribution in [0.15, 0.2) is 0 Å². The van der Waals surface area contributed by atoms with Gasteiger partial charge in [-0.2, -0.15) is 0 Å². The van der Waals surface area contributed by atoms with Gasteiger partial charge in [0.25, 0.3) is 0 Å². The van der Waals surface area contributed by atoms with E-state index < -0.39 is 0 Å². The van der Waals surface area contributed by atoms with Gasteiger partial charge in [-0.05, 0) is 27.6 Å². The average Bonchev–Trinajstić information content (AvgIpc) is 2.31. The van der Waals surface area contributed by atoms with Gasteiger partial charge < -0.3 is 4.90 Å². The molecule has 0 aliphatic rings. The molecule has 0 radical (unpaired) electrons. The molecule has 0 aliphatic carbocycles. The Kier molecular flexibility index (Phi) is 30.9. The minimum atomic E-state index is 0. The molecule has 2 nitrogen and oxygen atoms in total. The summed E-state index contributed by atoms with van der Waals surface area (Å²) in [6, 6.07) is 0. The lowest BCUT2D eigenvalue weighted by molar-refractivity contribution is 0.505. The van der Waals surface area contributed by atoms with E-state index in [1.807, 2.05) is 26.0 Å². The van der Waals surface area contributed by atoms with E-state index in [1.54, 1.807) is 0 Å². The summed E-state index contributed by atoms with van der Waals surface area (Å²) in [5, 5.41) is 0. The summed E-state index contributed by atoms with van der Waals surface area (Å²) >= 11 is 3.22. The van der Waals surface area contributed by atoms with Crippen LogP contribution in [0.25, 0.3) is 0 Å². The Morgan fingerprint density at radius 2 is 1.05 bits per heavy atom. The van der Waals surface area contributed by atoms with Crippen molar-refractivity contribution in [2.75, 3.05) is 27.7 Å². The first-order valence-electron chi connectivity index (χ1n) is 7.59. The van der Waals surface area contributed by atoms with Crippen LogP contribution in [0.4, 0.5) is 0 Å². The van der Waals surface area contributed by atoms with Crippen LogP contribution >= 0.6 is 28.6 Å². The number of hydrogen-bond donors (Lipinski definition) is 1. The van der Waals surface area contributed by atoms with Crippen molar-refractivity contribution in [2.24, 2.45) is 0 Å². The average molecular weight is 360 g/mol. The van der Waals surface area contributed by atoms with Gasteiger partial charge in [-0.25, -0.2) is 0 Å². The topological polar surface area (TPSA) is 15.3 Å². The SMILES string of the molecule is CCCCCCCCCCCCNBr.CN(C)C.Cl. The lowest BCUT2D eigenvalue weighted by Gasteiger charge is -2.01. The lowest BCUT2D eigenvalue weighted by Crippen LogP contribution is -1.99. The van der Waals surface area contributed by atoms with Crippen LogP contribution in [-0.2, 0) is 0 Å². The predicted molar refractivity (Wildman–Crippen MR) is 95.6 cm³/mol. The molecule has 4 heteroatoms. The zero-order valence-electron chi connectivity index (χ0n) is 13.5. The molecule has 120 valence electrons. The third kappa shape index (κ3) is 38.1. The fraction of sp³-hybridized carbons (Fsp3) is 1.00. The van der Waals surface area contributed by atoms with E-state index in [0.29, 0.717) is 0 Å². The lowest BCUT2D eigenvalue weighted by atomic mass is 10.1. The largest absolute Gasteiger partial charge is 0.312 e. The van der Waals surface area contributed by atoms with Crippen LogP contribution in [0, 0.1) is 0 Å². The number of unbranched alkanes of at least 4 members (excludes halogenated alkanes) is 9. The summed E-state index contributed by atoms with van der Waals surface area (Å²) in [4.78, 5) is 2.00. The molecule has 0 bridgehead atoms. The van der Waals surface area contributed by atoms with E-state index in [0.717, 1.165) is 6.54 Å². The summed E-state index contributed by atoms with van der Waals surface area (Å²) in [6.45, 7) is 3.38. The second-order valence-corrected chi connectivity index (χ2v) is 5.97. The van der Waals surface area contributed by atoms with Crippen molar-refractivity contribution in [2.45, 2.75) is 71.1 Å². The van der Waals surface area contributed by atoms with Crippen LogP contribution in [0.2, 0.25) is 0 Å². The van der Waals surface area contributed by atoms with Crippen molar-refractivity contribution >= 4 is 28.6 Å². The van der Waals surface area contributed by atoms with Crippen LogP contribution < -0.4 is 4.34 Å². The normalized spacial score (nSPS) is 9.79. The highest BCUT2D eigenvalue weighted by atomic mass is 79.9. The Labute approximate surface area is 136 Å². The molecular formula is C15H36BrClN2. The molecule has 0 saturated carbocycles. The quantitative estimate of drug-likeness (QED) is 0.392. The molecule has 0 heterocycles. The molecule has 0 rings (SSSR count). The molecular weight excluding hydrogens is 324 g/mol. The van der Waals surface area contributed by atoms with Crippen molar-refractivity contribution < 1.29 is 0 Å². The summed E-state index contributed by atoms with van der Waals surface area (Å²) in [5.74, 6) is 0. The van der Waals surface area contributed by atoms with Crippen molar-refractivity contribution in [1.29, 1.82) is 0 Å². The Morgan fingerprint density at radius 1 is 0.737 bits per heavy atom. The summed E-state index contributed by atoms with van der Waals surface area (Å²) in [5.41, 5.74) is 0. The first kappa shape index (κ1) is 24.7. The standard InChI is InChI=1S/C12H26BrN.C3H9N.ClH/c1-2-3-4-5-6-7-8-9-10-11-12-14-13;1-4(2)3;/h14H,2-12H2,1H3;1-3H3;1H.